The fourth-order valence-corrected chi connectivity index (χ4v) is 3.46. The molecule has 0 unspecified atom stereocenters. The van der Waals surface area contributed by atoms with Crippen molar-refractivity contribution in [3.8, 4) is 0 Å². The van der Waals surface area contributed by atoms with Crippen LogP contribution in [-0.2, 0) is 13.1 Å². The van der Waals surface area contributed by atoms with Gasteiger partial charge in [-0.3, -0.25) is 14.7 Å². The SMILES string of the molecule is CCN(CC)Cc1ccc(CNC(=O)c2cc(N3CCCC3)ccn2)cc1. The first-order valence-corrected chi connectivity index (χ1v) is 9.99. The van der Waals surface area contributed by atoms with E-state index in [0.29, 0.717) is 12.2 Å². The molecular weight excluding hydrogens is 336 g/mol. The Morgan fingerprint density at radius 1 is 1.07 bits per heavy atom. The molecule has 1 aromatic carbocycles. The number of hydrogen-bond donors (Lipinski definition) is 1. The van der Waals surface area contributed by atoms with Crippen molar-refractivity contribution in [3.63, 3.8) is 0 Å². The molecule has 144 valence electrons. The van der Waals surface area contributed by atoms with Gasteiger partial charge in [0.05, 0.1) is 0 Å². The summed E-state index contributed by atoms with van der Waals surface area (Å²) < 4.78 is 0. The zero-order chi connectivity index (χ0) is 19.1. The largest absolute Gasteiger partial charge is 0.371 e. The maximum atomic E-state index is 12.5. The average molecular weight is 367 g/mol. The molecule has 0 saturated carbocycles. The number of nitrogens with one attached hydrogen (secondary N) is 1. The first kappa shape index (κ1) is 19.4. The van der Waals surface area contributed by atoms with E-state index in [0.717, 1.165) is 44.0 Å². The number of amides is 1. The lowest BCUT2D eigenvalue weighted by Gasteiger charge is -2.18. The molecule has 1 aromatic heterocycles. The monoisotopic (exact) mass is 366 g/mol. The van der Waals surface area contributed by atoms with Gasteiger partial charge in [-0.05, 0) is 49.2 Å². The molecular formula is C22H30N4O. The highest BCUT2D eigenvalue weighted by molar-refractivity contribution is 5.93. The van der Waals surface area contributed by atoms with Crippen molar-refractivity contribution >= 4 is 11.6 Å². The quantitative estimate of drug-likeness (QED) is 0.777. The molecule has 3 rings (SSSR count). The van der Waals surface area contributed by atoms with Crippen molar-refractivity contribution in [2.24, 2.45) is 0 Å². The molecule has 1 fully saturated rings. The predicted octanol–water partition coefficient (Wildman–Crippen LogP) is 3.45. The van der Waals surface area contributed by atoms with Crippen LogP contribution < -0.4 is 10.2 Å². The fourth-order valence-electron chi connectivity index (χ4n) is 3.46. The second-order valence-corrected chi connectivity index (χ2v) is 7.05. The third-order valence-corrected chi connectivity index (χ3v) is 5.22. The molecule has 0 bridgehead atoms. The Bertz CT molecular complexity index is 734. The van der Waals surface area contributed by atoms with Gasteiger partial charge in [0.2, 0.25) is 0 Å². The van der Waals surface area contributed by atoms with E-state index in [1.54, 1.807) is 6.20 Å². The Labute approximate surface area is 162 Å². The summed E-state index contributed by atoms with van der Waals surface area (Å²) in [4.78, 5) is 21.4. The summed E-state index contributed by atoms with van der Waals surface area (Å²) >= 11 is 0. The van der Waals surface area contributed by atoms with E-state index in [4.69, 9.17) is 0 Å². The number of rotatable bonds is 8. The maximum absolute atomic E-state index is 12.5. The molecule has 1 saturated heterocycles. The number of carbonyl (C=O) groups excluding carboxylic acids is 1. The highest BCUT2D eigenvalue weighted by Gasteiger charge is 2.15. The van der Waals surface area contributed by atoms with E-state index >= 15 is 0 Å². The summed E-state index contributed by atoms with van der Waals surface area (Å²) in [7, 11) is 0. The van der Waals surface area contributed by atoms with Gasteiger partial charge >= 0.3 is 0 Å². The van der Waals surface area contributed by atoms with Gasteiger partial charge in [0.25, 0.3) is 5.91 Å². The van der Waals surface area contributed by atoms with E-state index in [1.165, 1.54) is 18.4 Å². The summed E-state index contributed by atoms with van der Waals surface area (Å²) in [5.41, 5.74) is 3.97. The summed E-state index contributed by atoms with van der Waals surface area (Å²) in [5.74, 6) is -0.122. The third-order valence-electron chi connectivity index (χ3n) is 5.22. The summed E-state index contributed by atoms with van der Waals surface area (Å²) in [5, 5.41) is 2.99. The molecule has 2 heterocycles. The fraction of sp³-hybridized carbons (Fsp3) is 0.455. The lowest BCUT2D eigenvalue weighted by molar-refractivity contribution is 0.0946. The van der Waals surface area contributed by atoms with Gasteiger partial charge in [0, 0.05) is 38.1 Å². The van der Waals surface area contributed by atoms with Crippen molar-refractivity contribution in [1.82, 2.24) is 15.2 Å². The highest BCUT2D eigenvalue weighted by atomic mass is 16.1. The molecule has 1 N–H and O–H groups in total. The van der Waals surface area contributed by atoms with E-state index in [-0.39, 0.29) is 5.91 Å². The Morgan fingerprint density at radius 3 is 2.41 bits per heavy atom. The molecule has 5 heteroatoms. The minimum Gasteiger partial charge on any atom is -0.371 e. The molecule has 5 nitrogen and oxygen atoms in total. The first-order chi connectivity index (χ1) is 13.2. The molecule has 1 aliphatic heterocycles. The zero-order valence-electron chi connectivity index (χ0n) is 16.4. The van der Waals surface area contributed by atoms with Gasteiger partial charge in [-0.2, -0.15) is 0 Å². The topological polar surface area (TPSA) is 48.5 Å². The van der Waals surface area contributed by atoms with Crippen LogP contribution in [0.4, 0.5) is 5.69 Å². The van der Waals surface area contributed by atoms with Crippen LogP contribution in [0.3, 0.4) is 0 Å². The van der Waals surface area contributed by atoms with Crippen LogP contribution in [0.25, 0.3) is 0 Å². The van der Waals surface area contributed by atoms with Crippen molar-refractivity contribution in [3.05, 3.63) is 59.4 Å². The molecule has 0 aliphatic carbocycles. The third kappa shape index (κ3) is 5.30. The Kier molecular flexibility index (Phi) is 6.82. The number of aromatic nitrogens is 1. The van der Waals surface area contributed by atoms with Crippen LogP contribution in [0, 0.1) is 0 Å². The lowest BCUT2D eigenvalue weighted by Crippen LogP contribution is -2.25. The Balaban J connectivity index is 1.55. The average Bonchev–Trinajstić information content (AvgIpc) is 3.26. The Morgan fingerprint density at radius 2 is 1.74 bits per heavy atom. The normalized spacial score (nSPS) is 14.0. The lowest BCUT2D eigenvalue weighted by atomic mass is 10.1. The standard InChI is InChI=1S/C22H30N4O/c1-3-25(4-2)17-19-9-7-18(8-10-19)16-24-22(27)21-15-20(11-12-23-21)26-13-5-6-14-26/h7-12,15H,3-6,13-14,16-17H2,1-2H3,(H,24,27). The van der Waals surface area contributed by atoms with Crippen LogP contribution in [0.5, 0.6) is 0 Å². The van der Waals surface area contributed by atoms with Gasteiger partial charge in [-0.15, -0.1) is 0 Å². The van der Waals surface area contributed by atoms with Gasteiger partial charge in [-0.1, -0.05) is 38.1 Å². The molecule has 1 aliphatic rings. The maximum Gasteiger partial charge on any atom is 0.270 e. The number of nitrogens with zero attached hydrogens (tertiary/aromatic N) is 3. The summed E-state index contributed by atoms with van der Waals surface area (Å²) in [6.07, 6.45) is 4.16. The van der Waals surface area contributed by atoms with Gasteiger partial charge < -0.3 is 10.2 Å². The molecule has 0 atom stereocenters. The van der Waals surface area contributed by atoms with Crippen LogP contribution in [0.15, 0.2) is 42.6 Å². The predicted molar refractivity (Wildman–Crippen MR) is 110 cm³/mol. The van der Waals surface area contributed by atoms with Crippen molar-refractivity contribution in [2.75, 3.05) is 31.1 Å². The van der Waals surface area contributed by atoms with Gasteiger partial charge in [-0.25, -0.2) is 0 Å². The second kappa shape index (κ2) is 9.51. The van der Waals surface area contributed by atoms with E-state index < -0.39 is 0 Å². The molecule has 27 heavy (non-hydrogen) atoms. The van der Waals surface area contributed by atoms with Crippen LogP contribution in [-0.4, -0.2) is 42.0 Å². The molecule has 1 amide bonds. The molecule has 2 aromatic rings. The van der Waals surface area contributed by atoms with Crippen LogP contribution >= 0.6 is 0 Å². The number of hydrogen-bond acceptors (Lipinski definition) is 4. The first-order valence-electron chi connectivity index (χ1n) is 9.99. The van der Waals surface area contributed by atoms with E-state index in [9.17, 15) is 4.79 Å². The Hall–Kier alpha value is -2.40. The smallest absolute Gasteiger partial charge is 0.270 e. The minimum absolute atomic E-state index is 0.122. The number of anilines is 1. The van der Waals surface area contributed by atoms with Crippen LogP contribution in [0.1, 0.15) is 48.3 Å². The number of benzene rings is 1. The van der Waals surface area contributed by atoms with E-state index in [1.807, 2.05) is 12.1 Å². The zero-order valence-corrected chi connectivity index (χ0v) is 16.4. The number of pyridine rings is 1. The molecule has 0 radical (unpaired) electrons. The van der Waals surface area contributed by atoms with Gasteiger partial charge in [0.1, 0.15) is 5.69 Å². The highest BCUT2D eigenvalue weighted by Crippen LogP contribution is 2.20. The van der Waals surface area contributed by atoms with Crippen molar-refractivity contribution in [2.45, 2.75) is 39.8 Å². The van der Waals surface area contributed by atoms with E-state index in [2.05, 4.69) is 58.2 Å². The van der Waals surface area contributed by atoms with Crippen LogP contribution in [0.2, 0.25) is 0 Å². The summed E-state index contributed by atoms with van der Waals surface area (Å²) in [6.45, 7) is 10.1. The van der Waals surface area contributed by atoms with Crippen molar-refractivity contribution < 1.29 is 4.79 Å². The summed E-state index contributed by atoms with van der Waals surface area (Å²) in [6, 6.07) is 12.4. The van der Waals surface area contributed by atoms with Crippen molar-refractivity contribution in [1.29, 1.82) is 0 Å². The molecule has 0 spiro atoms. The number of carbonyl (C=O) groups is 1. The van der Waals surface area contributed by atoms with Gasteiger partial charge in [0.15, 0.2) is 0 Å². The minimum atomic E-state index is -0.122. The second-order valence-electron chi connectivity index (χ2n) is 7.05.